The summed E-state index contributed by atoms with van der Waals surface area (Å²) in [6.07, 6.45) is 8.45. The third kappa shape index (κ3) is 5.21. The molecule has 0 amide bonds. The zero-order valence-corrected chi connectivity index (χ0v) is 12.4. The predicted octanol–water partition coefficient (Wildman–Crippen LogP) is 3.91. The number of hydrogen-bond donors (Lipinski definition) is 1. The molecule has 0 aliphatic rings. The van der Waals surface area contributed by atoms with E-state index in [0.29, 0.717) is 12.1 Å². The maximum atomic E-state index is 4.60. The van der Waals surface area contributed by atoms with Gasteiger partial charge in [-0.25, -0.2) is 0 Å². The third-order valence-electron chi connectivity index (χ3n) is 3.58. The maximum absolute atomic E-state index is 4.60. The van der Waals surface area contributed by atoms with Crippen molar-refractivity contribution >= 4 is 0 Å². The van der Waals surface area contributed by atoms with Gasteiger partial charge in [0.2, 0.25) is 0 Å². The van der Waals surface area contributed by atoms with Crippen LogP contribution in [0.5, 0.6) is 0 Å². The van der Waals surface area contributed by atoms with E-state index >= 15 is 0 Å². The Morgan fingerprint density at radius 3 is 2.72 bits per heavy atom. The molecule has 0 aliphatic heterocycles. The van der Waals surface area contributed by atoms with Crippen LogP contribution in [0.4, 0.5) is 0 Å². The molecule has 0 saturated carbocycles. The van der Waals surface area contributed by atoms with Gasteiger partial charge in [-0.15, -0.1) is 0 Å². The Morgan fingerprint density at radius 1 is 1.28 bits per heavy atom. The first-order valence-electron chi connectivity index (χ1n) is 7.44. The van der Waals surface area contributed by atoms with Crippen LogP contribution in [-0.2, 0) is 6.54 Å². The summed E-state index contributed by atoms with van der Waals surface area (Å²) in [4.78, 5) is 0. The summed E-state index contributed by atoms with van der Waals surface area (Å²) in [7, 11) is 0. The lowest BCUT2D eigenvalue weighted by Crippen LogP contribution is -2.25. The molecule has 1 rings (SSSR count). The first kappa shape index (κ1) is 15.2. The van der Waals surface area contributed by atoms with Crippen molar-refractivity contribution in [3.63, 3.8) is 0 Å². The minimum Gasteiger partial charge on any atom is -0.309 e. The van der Waals surface area contributed by atoms with Crippen LogP contribution in [0.3, 0.4) is 0 Å². The number of rotatable bonds is 9. The molecule has 0 bridgehead atoms. The largest absolute Gasteiger partial charge is 0.309 e. The second-order valence-electron chi connectivity index (χ2n) is 5.32. The molecule has 0 aliphatic carbocycles. The lowest BCUT2D eigenvalue weighted by molar-refractivity contribution is 0.458. The molecule has 1 N–H and O–H groups in total. The lowest BCUT2D eigenvalue weighted by Gasteiger charge is -2.12. The molecule has 3 heteroatoms. The predicted molar refractivity (Wildman–Crippen MR) is 77.7 cm³/mol. The van der Waals surface area contributed by atoms with Gasteiger partial charge in [0.05, 0.1) is 5.69 Å². The number of unbranched alkanes of at least 4 members (excludes halogenated alkanes) is 2. The fourth-order valence-corrected chi connectivity index (χ4v) is 1.99. The van der Waals surface area contributed by atoms with E-state index in [4.69, 9.17) is 0 Å². The normalized spacial score (nSPS) is 14.7. The monoisotopic (exact) mass is 251 g/mol. The summed E-state index contributed by atoms with van der Waals surface area (Å²) < 4.78 is 2.07. The standard InChI is InChI=1S/C15H29N3/c1-5-7-8-9-13(3)16-12-15-10-11-18(17-15)14(4)6-2/h10-11,13-14,16H,5-9,12H2,1-4H3. The number of nitrogens with one attached hydrogen (secondary N) is 1. The average molecular weight is 251 g/mol. The highest BCUT2D eigenvalue weighted by atomic mass is 15.3. The van der Waals surface area contributed by atoms with E-state index in [2.05, 4.69) is 55.1 Å². The molecule has 2 unspecified atom stereocenters. The topological polar surface area (TPSA) is 29.9 Å². The number of hydrogen-bond acceptors (Lipinski definition) is 2. The summed E-state index contributed by atoms with van der Waals surface area (Å²) in [6, 6.07) is 3.21. The van der Waals surface area contributed by atoms with Crippen LogP contribution in [0, 0.1) is 0 Å². The highest BCUT2D eigenvalue weighted by Crippen LogP contribution is 2.09. The SMILES string of the molecule is CCCCCC(C)NCc1ccn(C(C)CC)n1. The minimum atomic E-state index is 0.501. The molecule has 1 aromatic rings. The first-order valence-corrected chi connectivity index (χ1v) is 7.44. The Balaban J connectivity index is 2.28. The smallest absolute Gasteiger partial charge is 0.0762 e. The molecule has 0 fully saturated rings. The van der Waals surface area contributed by atoms with E-state index in [9.17, 15) is 0 Å². The van der Waals surface area contributed by atoms with Gasteiger partial charge in [-0.1, -0.05) is 33.1 Å². The van der Waals surface area contributed by atoms with Crippen LogP contribution in [0.25, 0.3) is 0 Å². The molecule has 1 heterocycles. The summed E-state index contributed by atoms with van der Waals surface area (Å²) >= 11 is 0. The second kappa shape index (κ2) is 8.30. The molecule has 104 valence electrons. The molecular formula is C15H29N3. The molecule has 0 spiro atoms. The average Bonchev–Trinajstić information content (AvgIpc) is 2.84. The van der Waals surface area contributed by atoms with Crippen molar-refractivity contribution in [2.24, 2.45) is 0 Å². The van der Waals surface area contributed by atoms with E-state index in [0.717, 1.165) is 18.7 Å². The van der Waals surface area contributed by atoms with Crippen LogP contribution in [0.1, 0.15) is 71.5 Å². The van der Waals surface area contributed by atoms with Crippen LogP contribution >= 0.6 is 0 Å². The second-order valence-corrected chi connectivity index (χ2v) is 5.32. The Labute approximate surface area is 112 Å². The van der Waals surface area contributed by atoms with Gasteiger partial charge in [-0.3, -0.25) is 4.68 Å². The number of nitrogens with zero attached hydrogens (tertiary/aromatic N) is 2. The fourth-order valence-electron chi connectivity index (χ4n) is 1.99. The highest BCUT2D eigenvalue weighted by Gasteiger charge is 2.06. The molecule has 2 atom stereocenters. The highest BCUT2D eigenvalue weighted by molar-refractivity contribution is 4.99. The van der Waals surface area contributed by atoms with E-state index in [1.165, 1.54) is 25.7 Å². The van der Waals surface area contributed by atoms with Crippen molar-refractivity contribution in [3.05, 3.63) is 18.0 Å². The minimum absolute atomic E-state index is 0.501. The summed E-state index contributed by atoms with van der Waals surface area (Å²) in [5.74, 6) is 0. The van der Waals surface area contributed by atoms with Gasteiger partial charge in [0.25, 0.3) is 0 Å². The summed E-state index contributed by atoms with van der Waals surface area (Å²) in [5.41, 5.74) is 1.15. The van der Waals surface area contributed by atoms with Gasteiger partial charge in [0.1, 0.15) is 0 Å². The maximum Gasteiger partial charge on any atom is 0.0762 e. The van der Waals surface area contributed by atoms with E-state index in [-0.39, 0.29) is 0 Å². The molecule has 18 heavy (non-hydrogen) atoms. The van der Waals surface area contributed by atoms with Gasteiger partial charge in [-0.05, 0) is 32.8 Å². The van der Waals surface area contributed by atoms with Crippen LogP contribution in [0.2, 0.25) is 0 Å². The van der Waals surface area contributed by atoms with Crippen LogP contribution in [0.15, 0.2) is 12.3 Å². The molecular weight excluding hydrogens is 222 g/mol. The van der Waals surface area contributed by atoms with Gasteiger partial charge in [0, 0.05) is 24.8 Å². The molecule has 0 aromatic carbocycles. The Kier molecular flexibility index (Phi) is 7.02. The van der Waals surface area contributed by atoms with Gasteiger partial charge < -0.3 is 5.32 Å². The molecule has 3 nitrogen and oxygen atoms in total. The van der Waals surface area contributed by atoms with Gasteiger partial charge in [-0.2, -0.15) is 5.10 Å². The van der Waals surface area contributed by atoms with Crippen molar-refractivity contribution in [1.29, 1.82) is 0 Å². The van der Waals surface area contributed by atoms with Crippen LogP contribution in [-0.4, -0.2) is 15.8 Å². The van der Waals surface area contributed by atoms with Crippen LogP contribution < -0.4 is 5.32 Å². The molecule has 0 saturated heterocycles. The Hall–Kier alpha value is -0.830. The first-order chi connectivity index (χ1) is 8.67. The molecule has 1 aromatic heterocycles. The quantitative estimate of drug-likeness (QED) is 0.674. The lowest BCUT2D eigenvalue weighted by atomic mass is 10.1. The summed E-state index contributed by atoms with van der Waals surface area (Å²) in [5, 5.41) is 8.16. The fraction of sp³-hybridized carbons (Fsp3) is 0.800. The van der Waals surface area contributed by atoms with E-state index in [1.807, 2.05) is 0 Å². The zero-order valence-electron chi connectivity index (χ0n) is 12.4. The van der Waals surface area contributed by atoms with Crippen molar-refractivity contribution in [3.8, 4) is 0 Å². The Morgan fingerprint density at radius 2 is 2.06 bits per heavy atom. The third-order valence-corrected chi connectivity index (χ3v) is 3.58. The van der Waals surface area contributed by atoms with E-state index in [1.54, 1.807) is 0 Å². The van der Waals surface area contributed by atoms with E-state index < -0.39 is 0 Å². The van der Waals surface area contributed by atoms with Crippen molar-refractivity contribution in [2.45, 2.75) is 78.4 Å². The van der Waals surface area contributed by atoms with Gasteiger partial charge >= 0.3 is 0 Å². The zero-order chi connectivity index (χ0) is 13.4. The number of aromatic nitrogens is 2. The summed E-state index contributed by atoms with van der Waals surface area (Å²) in [6.45, 7) is 9.80. The Bertz CT molecular complexity index is 319. The van der Waals surface area contributed by atoms with Gasteiger partial charge in [0.15, 0.2) is 0 Å². The van der Waals surface area contributed by atoms with Crippen molar-refractivity contribution in [2.75, 3.05) is 0 Å². The van der Waals surface area contributed by atoms with Crippen molar-refractivity contribution < 1.29 is 0 Å². The molecule has 0 radical (unpaired) electrons. The van der Waals surface area contributed by atoms with Crippen molar-refractivity contribution in [1.82, 2.24) is 15.1 Å².